The van der Waals surface area contributed by atoms with E-state index >= 15 is 0 Å². The van der Waals surface area contributed by atoms with E-state index in [4.69, 9.17) is 14.2 Å². The summed E-state index contributed by atoms with van der Waals surface area (Å²) < 4.78 is 16.0. The fourth-order valence-electron chi connectivity index (χ4n) is 1.97. The van der Waals surface area contributed by atoms with E-state index in [9.17, 15) is 0 Å². The molecule has 0 bridgehead atoms. The Morgan fingerprint density at radius 1 is 1.54 bits per heavy atom. The van der Waals surface area contributed by atoms with Crippen LogP contribution in [0.25, 0.3) is 0 Å². The summed E-state index contributed by atoms with van der Waals surface area (Å²) in [6.45, 7) is 2.25. The molecule has 2 aliphatic heterocycles. The SMILES string of the molecule is COC/C=C1/CO[C@@H]2OCCC[C@H]12. The molecule has 0 aliphatic carbocycles. The first-order valence-electron chi connectivity index (χ1n) is 4.83. The highest BCUT2D eigenvalue weighted by Crippen LogP contribution is 2.34. The second-order valence-electron chi connectivity index (χ2n) is 3.53. The Balaban J connectivity index is 1.98. The lowest BCUT2D eigenvalue weighted by molar-refractivity contribution is -0.150. The number of fused-ring (bicyclic) bond motifs is 1. The molecule has 3 heteroatoms. The summed E-state index contributed by atoms with van der Waals surface area (Å²) in [4.78, 5) is 0. The lowest BCUT2D eigenvalue weighted by Crippen LogP contribution is -2.26. The Bertz CT molecular complexity index is 200. The Morgan fingerprint density at radius 3 is 3.31 bits per heavy atom. The van der Waals surface area contributed by atoms with Crippen molar-refractivity contribution in [3.05, 3.63) is 11.6 Å². The number of hydrogen-bond donors (Lipinski definition) is 0. The molecule has 0 radical (unpaired) electrons. The van der Waals surface area contributed by atoms with Crippen LogP contribution in [0.3, 0.4) is 0 Å². The summed E-state index contributed by atoms with van der Waals surface area (Å²) in [6.07, 6.45) is 4.49. The minimum atomic E-state index is 0.0249. The minimum absolute atomic E-state index is 0.0249. The molecular formula is C10H16O3. The van der Waals surface area contributed by atoms with Crippen molar-refractivity contribution in [2.45, 2.75) is 19.1 Å². The van der Waals surface area contributed by atoms with Crippen molar-refractivity contribution in [3.63, 3.8) is 0 Å². The number of ether oxygens (including phenoxy) is 3. The van der Waals surface area contributed by atoms with Gasteiger partial charge < -0.3 is 14.2 Å². The van der Waals surface area contributed by atoms with Gasteiger partial charge in [-0.05, 0) is 18.4 Å². The van der Waals surface area contributed by atoms with Crippen LogP contribution in [0.5, 0.6) is 0 Å². The lowest BCUT2D eigenvalue weighted by Gasteiger charge is -2.24. The Hall–Kier alpha value is -0.380. The molecule has 2 rings (SSSR count). The van der Waals surface area contributed by atoms with Crippen LogP contribution >= 0.6 is 0 Å². The Labute approximate surface area is 78.7 Å². The van der Waals surface area contributed by atoms with E-state index in [1.54, 1.807) is 7.11 Å². The molecule has 0 aromatic heterocycles. The first-order valence-corrected chi connectivity index (χ1v) is 4.83. The highest BCUT2D eigenvalue weighted by molar-refractivity contribution is 5.13. The molecule has 0 unspecified atom stereocenters. The van der Waals surface area contributed by atoms with Crippen LogP contribution in [0, 0.1) is 5.92 Å². The molecule has 2 saturated heterocycles. The second-order valence-corrected chi connectivity index (χ2v) is 3.53. The summed E-state index contributed by atoms with van der Waals surface area (Å²) in [5.74, 6) is 0.490. The zero-order valence-corrected chi connectivity index (χ0v) is 7.99. The van der Waals surface area contributed by atoms with Crippen LogP contribution in [0.4, 0.5) is 0 Å². The first kappa shape index (κ1) is 9.19. The van der Waals surface area contributed by atoms with Gasteiger partial charge in [0.05, 0.1) is 13.2 Å². The molecule has 0 spiro atoms. The van der Waals surface area contributed by atoms with Gasteiger partial charge in [0, 0.05) is 19.6 Å². The van der Waals surface area contributed by atoms with Crippen LogP contribution in [-0.4, -0.2) is 33.2 Å². The number of hydrogen-bond acceptors (Lipinski definition) is 3. The van der Waals surface area contributed by atoms with E-state index in [1.165, 1.54) is 12.0 Å². The molecular weight excluding hydrogens is 168 g/mol. The van der Waals surface area contributed by atoms with Gasteiger partial charge in [-0.15, -0.1) is 0 Å². The van der Waals surface area contributed by atoms with Gasteiger partial charge in [0.2, 0.25) is 0 Å². The number of rotatable bonds is 2. The molecule has 0 aromatic rings. The molecule has 0 amide bonds. The molecule has 3 nitrogen and oxygen atoms in total. The predicted molar refractivity (Wildman–Crippen MR) is 48.4 cm³/mol. The van der Waals surface area contributed by atoms with Gasteiger partial charge in [0.1, 0.15) is 0 Å². The van der Waals surface area contributed by atoms with Crippen LogP contribution in [0.2, 0.25) is 0 Å². The molecule has 2 fully saturated rings. The van der Waals surface area contributed by atoms with E-state index in [0.29, 0.717) is 12.5 Å². The molecule has 2 atom stereocenters. The fourth-order valence-corrected chi connectivity index (χ4v) is 1.97. The first-order chi connectivity index (χ1) is 6.42. The van der Waals surface area contributed by atoms with Gasteiger partial charge in [0.15, 0.2) is 6.29 Å². The number of methoxy groups -OCH3 is 1. The zero-order chi connectivity index (χ0) is 9.10. The third-order valence-corrected chi connectivity index (χ3v) is 2.67. The average molecular weight is 184 g/mol. The highest BCUT2D eigenvalue weighted by Gasteiger charge is 2.35. The Kier molecular flexibility index (Phi) is 2.98. The van der Waals surface area contributed by atoms with Crippen LogP contribution in [0.15, 0.2) is 11.6 Å². The van der Waals surface area contributed by atoms with Gasteiger partial charge in [-0.3, -0.25) is 0 Å². The summed E-state index contributed by atoms with van der Waals surface area (Å²) >= 11 is 0. The third-order valence-electron chi connectivity index (χ3n) is 2.67. The molecule has 13 heavy (non-hydrogen) atoms. The van der Waals surface area contributed by atoms with Crippen LogP contribution in [-0.2, 0) is 14.2 Å². The molecule has 2 heterocycles. The minimum Gasteiger partial charge on any atom is -0.381 e. The van der Waals surface area contributed by atoms with Gasteiger partial charge >= 0.3 is 0 Å². The van der Waals surface area contributed by atoms with E-state index in [-0.39, 0.29) is 6.29 Å². The Morgan fingerprint density at radius 2 is 2.46 bits per heavy atom. The second kappa shape index (κ2) is 4.22. The third kappa shape index (κ3) is 1.93. The van der Waals surface area contributed by atoms with Crippen LogP contribution in [0.1, 0.15) is 12.8 Å². The van der Waals surface area contributed by atoms with Gasteiger partial charge in [-0.2, -0.15) is 0 Å². The summed E-state index contributed by atoms with van der Waals surface area (Å²) in [6, 6.07) is 0. The zero-order valence-electron chi connectivity index (χ0n) is 7.99. The van der Waals surface area contributed by atoms with Crippen molar-refractivity contribution in [2.75, 3.05) is 26.9 Å². The molecule has 0 aromatic carbocycles. The normalized spacial score (nSPS) is 36.5. The van der Waals surface area contributed by atoms with Crippen molar-refractivity contribution in [3.8, 4) is 0 Å². The molecule has 2 aliphatic rings. The lowest BCUT2D eigenvalue weighted by atomic mass is 9.94. The maximum Gasteiger partial charge on any atom is 0.164 e. The van der Waals surface area contributed by atoms with E-state index < -0.39 is 0 Å². The standard InChI is InChI=1S/C10H16O3/c1-11-6-4-8-7-13-10-9(8)3-2-5-12-10/h4,9-10H,2-3,5-7H2,1H3/b8-4-/t9-,10+/m1/s1. The maximum atomic E-state index is 5.52. The van der Waals surface area contributed by atoms with Crippen molar-refractivity contribution >= 4 is 0 Å². The monoisotopic (exact) mass is 184 g/mol. The molecule has 74 valence electrons. The molecule has 0 saturated carbocycles. The van der Waals surface area contributed by atoms with Crippen molar-refractivity contribution < 1.29 is 14.2 Å². The summed E-state index contributed by atoms with van der Waals surface area (Å²) in [7, 11) is 1.71. The topological polar surface area (TPSA) is 27.7 Å². The quantitative estimate of drug-likeness (QED) is 0.606. The highest BCUT2D eigenvalue weighted by atomic mass is 16.7. The predicted octanol–water partition coefficient (Wildman–Crippen LogP) is 1.34. The maximum absolute atomic E-state index is 5.52. The van der Waals surface area contributed by atoms with Crippen molar-refractivity contribution in [1.82, 2.24) is 0 Å². The largest absolute Gasteiger partial charge is 0.381 e. The summed E-state index contributed by atoms with van der Waals surface area (Å²) in [5, 5.41) is 0. The van der Waals surface area contributed by atoms with E-state index in [1.807, 2.05) is 0 Å². The van der Waals surface area contributed by atoms with Crippen molar-refractivity contribution in [1.29, 1.82) is 0 Å². The fraction of sp³-hybridized carbons (Fsp3) is 0.800. The van der Waals surface area contributed by atoms with Crippen LogP contribution < -0.4 is 0 Å². The smallest absolute Gasteiger partial charge is 0.164 e. The average Bonchev–Trinajstić information content (AvgIpc) is 2.58. The van der Waals surface area contributed by atoms with Gasteiger partial charge in [-0.1, -0.05) is 6.08 Å². The molecule has 0 N–H and O–H groups in total. The van der Waals surface area contributed by atoms with E-state index in [2.05, 4.69) is 6.08 Å². The van der Waals surface area contributed by atoms with Gasteiger partial charge in [0.25, 0.3) is 0 Å². The van der Waals surface area contributed by atoms with Gasteiger partial charge in [-0.25, -0.2) is 0 Å². The van der Waals surface area contributed by atoms with E-state index in [0.717, 1.165) is 19.6 Å². The van der Waals surface area contributed by atoms with Crippen molar-refractivity contribution in [2.24, 2.45) is 5.92 Å². The summed E-state index contributed by atoms with van der Waals surface area (Å²) in [5.41, 5.74) is 1.35.